The molecule has 0 fully saturated rings. The van der Waals surface area contributed by atoms with E-state index in [4.69, 9.17) is 5.11 Å². The highest BCUT2D eigenvalue weighted by atomic mass is 16.3. The van der Waals surface area contributed by atoms with Gasteiger partial charge in [-0.3, -0.25) is 4.79 Å². The zero-order valence-corrected chi connectivity index (χ0v) is 10.3. The first-order chi connectivity index (χ1) is 8.20. The van der Waals surface area contributed by atoms with E-state index in [-0.39, 0.29) is 5.91 Å². The molecule has 0 atom stereocenters. The van der Waals surface area contributed by atoms with Gasteiger partial charge in [0.2, 0.25) is 5.91 Å². The lowest BCUT2D eigenvalue weighted by atomic mass is 9.90. The highest BCUT2D eigenvalue weighted by Gasteiger charge is 2.11. The van der Waals surface area contributed by atoms with Crippen molar-refractivity contribution in [2.75, 3.05) is 13.7 Å². The topological polar surface area (TPSA) is 40.5 Å². The van der Waals surface area contributed by atoms with Crippen molar-refractivity contribution < 1.29 is 9.90 Å². The third-order valence-electron chi connectivity index (χ3n) is 3.39. The monoisotopic (exact) mass is 233 g/mol. The molecule has 1 amide bonds. The Bertz CT molecular complexity index is 415. The number of nitrogens with zero attached hydrogens (tertiary/aromatic N) is 1. The van der Waals surface area contributed by atoms with E-state index in [1.165, 1.54) is 30.4 Å². The molecule has 2 rings (SSSR count). The average molecular weight is 233 g/mol. The molecule has 3 nitrogen and oxygen atoms in total. The second-order valence-corrected chi connectivity index (χ2v) is 4.72. The van der Waals surface area contributed by atoms with Crippen molar-refractivity contribution in [3.8, 4) is 0 Å². The van der Waals surface area contributed by atoms with E-state index in [0.29, 0.717) is 6.54 Å². The minimum Gasteiger partial charge on any atom is -0.387 e. The molecule has 0 bridgehead atoms. The fraction of sp³-hybridized carbons (Fsp3) is 0.500. The summed E-state index contributed by atoms with van der Waals surface area (Å²) in [6.07, 6.45) is 4.89. The number of likely N-dealkylation sites (N-methyl/N-ethyl adjacent to an activating group) is 1. The summed E-state index contributed by atoms with van der Waals surface area (Å²) in [5, 5.41) is 8.78. The molecular weight excluding hydrogens is 214 g/mol. The number of benzene rings is 1. The molecule has 1 aromatic carbocycles. The predicted octanol–water partition coefficient (Wildman–Crippen LogP) is 1.52. The first-order valence-corrected chi connectivity index (χ1v) is 6.16. The fourth-order valence-electron chi connectivity index (χ4n) is 2.37. The molecule has 92 valence electrons. The number of aliphatic hydroxyl groups excluding tert-OH is 1. The lowest BCUT2D eigenvalue weighted by Gasteiger charge is -2.19. The number of hydrogen-bond acceptors (Lipinski definition) is 2. The summed E-state index contributed by atoms with van der Waals surface area (Å²) in [6.45, 7) is 0.161. The van der Waals surface area contributed by atoms with Crippen molar-refractivity contribution in [1.82, 2.24) is 4.90 Å². The van der Waals surface area contributed by atoms with E-state index in [0.717, 1.165) is 12.0 Å². The van der Waals surface area contributed by atoms with Crippen molar-refractivity contribution in [3.63, 3.8) is 0 Å². The maximum absolute atomic E-state index is 11.3. The van der Waals surface area contributed by atoms with Crippen LogP contribution in [0, 0.1) is 0 Å². The second kappa shape index (κ2) is 5.32. The Morgan fingerprint density at radius 1 is 1.29 bits per heavy atom. The minimum absolute atomic E-state index is 0.234. The number of aliphatic hydroxyl groups is 1. The summed E-state index contributed by atoms with van der Waals surface area (Å²) in [5.74, 6) is -0.234. The SMILES string of the molecule is CN(Cc1ccc2c(c1)CCCC2)C(=O)CO. The maximum Gasteiger partial charge on any atom is 0.248 e. The molecular formula is C14H19NO2. The molecule has 0 saturated carbocycles. The molecule has 0 radical (unpaired) electrons. The van der Waals surface area contributed by atoms with Crippen molar-refractivity contribution in [2.24, 2.45) is 0 Å². The number of carbonyl (C=O) groups excluding carboxylic acids is 1. The van der Waals surface area contributed by atoms with E-state index in [9.17, 15) is 4.79 Å². The molecule has 1 aliphatic carbocycles. The van der Waals surface area contributed by atoms with Gasteiger partial charge in [-0.15, -0.1) is 0 Å². The molecule has 3 heteroatoms. The number of hydrogen-bond donors (Lipinski definition) is 1. The van der Waals surface area contributed by atoms with Gasteiger partial charge in [-0.1, -0.05) is 18.2 Å². The summed E-state index contributed by atoms with van der Waals surface area (Å²) >= 11 is 0. The van der Waals surface area contributed by atoms with E-state index in [1.807, 2.05) is 0 Å². The van der Waals surface area contributed by atoms with Gasteiger partial charge >= 0.3 is 0 Å². The molecule has 0 saturated heterocycles. The third kappa shape index (κ3) is 2.86. The standard InChI is InChI=1S/C14H19NO2/c1-15(14(17)10-16)9-11-6-7-12-4-2-3-5-13(12)8-11/h6-8,16H,2-5,9-10H2,1H3. The van der Waals surface area contributed by atoms with Crippen LogP contribution in [0.25, 0.3) is 0 Å². The van der Waals surface area contributed by atoms with Crippen LogP contribution in [0.2, 0.25) is 0 Å². The van der Waals surface area contributed by atoms with Crippen molar-refractivity contribution in [1.29, 1.82) is 0 Å². The molecule has 1 N–H and O–H groups in total. The Morgan fingerprint density at radius 2 is 2.00 bits per heavy atom. The van der Waals surface area contributed by atoms with E-state index < -0.39 is 6.61 Å². The van der Waals surface area contributed by atoms with Gasteiger partial charge in [0.1, 0.15) is 6.61 Å². The Labute approximate surface area is 102 Å². The van der Waals surface area contributed by atoms with E-state index in [2.05, 4.69) is 18.2 Å². The number of carbonyl (C=O) groups is 1. The Kier molecular flexibility index (Phi) is 3.79. The van der Waals surface area contributed by atoms with Crippen LogP contribution in [0.3, 0.4) is 0 Å². The Balaban J connectivity index is 2.09. The van der Waals surface area contributed by atoms with Crippen LogP contribution in [0.15, 0.2) is 18.2 Å². The van der Waals surface area contributed by atoms with Gasteiger partial charge in [-0.2, -0.15) is 0 Å². The Morgan fingerprint density at radius 3 is 2.71 bits per heavy atom. The van der Waals surface area contributed by atoms with Crippen LogP contribution in [0.5, 0.6) is 0 Å². The summed E-state index contributed by atoms with van der Waals surface area (Å²) in [5.41, 5.74) is 4.03. The van der Waals surface area contributed by atoms with Crippen LogP contribution >= 0.6 is 0 Å². The maximum atomic E-state index is 11.3. The summed E-state index contributed by atoms with van der Waals surface area (Å²) in [6, 6.07) is 6.47. The van der Waals surface area contributed by atoms with Gasteiger partial charge in [-0.25, -0.2) is 0 Å². The van der Waals surface area contributed by atoms with Gasteiger partial charge in [-0.05, 0) is 42.4 Å². The van der Waals surface area contributed by atoms with Crippen LogP contribution in [-0.2, 0) is 24.2 Å². The smallest absolute Gasteiger partial charge is 0.248 e. The molecule has 1 aromatic rings. The zero-order valence-electron chi connectivity index (χ0n) is 10.3. The minimum atomic E-state index is -0.415. The first-order valence-electron chi connectivity index (χ1n) is 6.16. The Hall–Kier alpha value is -1.35. The second-order valence-electron chi connectivity index (χ2n) is 4.72. The predicted molar refractivity (Wildman–Crippen MR) is 66.6 cm³/mol. The quantitative estimate of drug-likeness (QED) is 0.860. The highest BCUT2D eigenvalue weighted by Crippen LogP contribution is 2.22. The molecule has 17 heavy (non-hydrogen) atoms. The van der Waals surface area contributed by atoms with Crippen LogP contribution in [0.1, 0.15) is 29.5 Å². The lowest BCUT2D eigenvalue weighted by Crippen LogP contribution is -2.28. The molecule has 0 unspecified atom stereocenters. The lowest BCUT2D eigenvalue weighted by molar-refractivity contribution is -0.133. The number of fused-ring (bicyclic) bond motifs is 1. The zero-order chi connectivity index (χ0) is 12.3. The fourth-order valence-corrected chi connectivity index (χ4v) is 2.37. The van der Waals surface area contributed by atoms with Crippen molar-refractivity contribution in [2.45, 2.75) is 32.2 Å². The van der Waals surface area contributed by atoms with Gasteiger partial charge in [0.05, 0.1) is 0 Å². The molecule has 0 aromatic heterocycles. The van der Waals surface area contributed by atoms with E-state index >= 15 is 0 Å². The molecule has 0 heterocycles. The number of rotatable bonds is 3. The van der Waals surface area contributed by atoms with Crippen molar-refractivity contribution in [3.05, 3.63) is 34.9 Å². The number of aryl methyl sites for hydroxylation is 2. The van der Waals surface area contributed by atoms with Gasteiger partial charge < -0.3 is 10.0 Å². The molecule has 0 spiro atoms. The summed E-state index contributed by atoms with van der Waals surface area (Å²) in [4.78, 5) is 12.8. The van der Waals surface area contributed by atoms with E-state index in [1.54, 1.807) is 11.9 Å². The van der Waals surface area contributed by atoms with Crippen LogP contribution in [0.4, 0.5) is 0 Å². The largest absolute Gasteiger partial charge is 0.387 e. The normalized spacial score (nSPS) is 14.2. The van der Waals surface area contributed by atoms with Crippen molar-refractivity contribution >= 4 is 5.91 Å². The van der Waals surface area contributed by atoms with Crippen LogP contribution in [-0.4, -0.2) is 29.6 Å². The van der Waals surface area contributed by atoms with Gasteiger partial charge in [0.15, 0.2) is 0 Å². The number of amides is 1. The highest BCUT2D eigenvalue weighted by molar-refractivity contribution is 5.76. The van der Waals surface area contributed by atoms with Crippen LogP contribution < -0.4 is 0 Å². The van der Waals surface area contributed by atoms with Gasteiger partial charge in [0, 0.05) is 13.6 Å². The summed E-state index contributed by atoms with van der Waals surface area (Å²) in [7, 11) is 1.72. The van der Waals surface area contributed by atoms with Gasteiger partial charge in [0.25, 0.3) is 0 Å². The third-order valence-corrected chi connectivity index (χ3v) is 3.39. The summed E-state index contributed by atoms with van der Waals surface area (Å²) < 4.78 is 0. The first kappa shape index (κ1) is 12.1. The average Bonchev–Trinajstić information content (AvgIpc) is 2.37. The molecule has 0 aliphatic heterocycles. The molecule has 1 aliphatic rings.